The normalized spacial score (nSPS) is 14.2. The van der Waals surface area contributed by atoms with Gasteiger partial charge in [-0.15, -0.1) is 0 Å². The van der Waals surface area contributed by atoms with Crippen molar-refractivity contribution in [3.63, 3.8) is 0 Å². The van der Waals surface area contributed by atoms with Gasteiger partial charge in [-0.1, -0.05) is 23.7 Å². The number of halogens is 1. The van der Waals surface area contributed by atoms with Gasteiger partial charge in [0.05, 0.1) is 17.6 Å². The summed E-state index contributed by atoms with van der Waals surface area (Å²) in [6, 6.07) is 7.77. The molecule has 3 N–H and O–H groups in total. The maximum absolute atomic E-state index is 5.97. The molecule has 0 aliphatic heterocycles. The summed E-state index contributed by atoms with van der Waals surface area (Å²) < 4.78 is 0. The molecule has 0 bridgehead atoms. The number of nitrogens with zero attached hydrogens (tertiary/aromatic N) is 2. The standard InChI is InChI=1S/C16H19ClN4/c17-13-6-4-11(5-7-13)15-14(19-9-1-8-18)10-20-16(21-15)12-2-3-12/h4-7,10,12,19H,1-3,8-9,18H2. The molecule has 1 saturated carbocycles. The molecule has 1 aromatic carbocycles. The molecule has 0 unspecified atom stereocenters. The third-order valence-electron chi connectivity index (χ3n) is 3.56. The molecule has 0 atom stereocenters. The van der Waals surface area contributed by atoms with E-state index in [0.29, 0.717) is 12.5 Å². The van der Waals surface area contributed by atoms with Gasteiger partial charge < -0.3 is 11.1 Å². The van der Waals surface area contributed by atoms with Gasteiger partial charge in [-0.25, -0.2) is 9.97 Å². The summed E-state index contributed by atoms with van der Waals surface area (Å²) in [5.74, 6) is 1.48. The zero-order chi connectivity index (χ0) is 14.7. The molecular weight excluding hydrogens is 284 g/mol. The fourth-order valence-electron chi connectivity index (χ4n) is 2.22. The van der Waals surface area contributed by atoms with Crippen LogP contribution >= 0.6 is 11.6 Å². The first-order valence-electron chi connectivity index (χ1n) is 7.35. The molecule has 1 aliphatic carbocycles. The molecule has 0 spiro atoms. The Kier molecular flexibility index (Phi) is 4.36. The molecule has 1 fully saturated rings. The van der Waals surface area contributed by atoms with Crippen LogP contribution in [0.25, 0.3) is 11.3 Å². The predicted molar refractivity (Wildman–Crippen MR) is 86.6 cm³/mol. The summed E-state index contributed by atoms with van der Waals surface area (Å²) in [4.78, 5) is 9.26. The van der Waals surface area contributed by atoms with Crippen LogP contribution in [-0.2, 0) is 0 Å². The minimum Gasteiger partial charge on any atom is -0.382 e. The molecule has 3 rings (SSSR count). The van der Waals surface area contributed by atoms with E-state index >= 15 is 0 Å². The third kappa shape index (κ3) is 3.52. The van der Waals surface area contributed by atoms with Gasteiger partial charge >= 0.3 is 0 Å². The molecule has 4 nitrogen and oxygen atoms in total. The van der Waals surface area contributed by atoms with Gasteiger partial charge in [0.2, 0.25) is 0 Å². The summed E-state index contributed by atoms with van der Waals surface area (Å²) in [5.41, 5.74) is 8.50. The van der Waals surface area contributed by atoms with Crippen LogP contribution in [0.1, 0.15) is 31.0 Å². The Hall–Kier alpha value is -1.65. The number of rotatable bonds is 6. The topological polar surface area (TPSA) is 63.8 Å². The number of hydrogen-bond donors (Lipinski definition) is 2. The Morgan fingerprint density at radius 1 is 1.24 bits per heavy atom. The highest BCUT2D eigenvalue weighted by Gasteiger charge is 2.27. The molecular formula is C16H19ClN4. The molecule has 1 heterocycles. The quantitative estimate of drug-likeness (QED) is 0.802. The third-order valence-corrected chi connectivity index (χ3v) is 3.82. The van der Waals surface area contributed by atoms with Gasteiger partial charge in [-0.05, 0) is 37.9 Å². The van der Waals surface area contributed by atoms with Crippen molar-refractivity contribution in [1.29, 1.82) is 0 Å². The number of anilines is 1. The number of hydrogen-bond acceptors (Lipinski definition) is 4. The summed E-state index contributed by atoms with van der Waals surface area (Å²) in [5, 5.41) is 4.11. The second-order valence-corrected chi connectivity index (χ2v) is 5.78. The molecule has 5 heteroatoms. The largest absolute Gasteiger partial charge is 0.382 e. The number of aromatic nitrogens is 2. The van der Waals surface area contributed by atoms with Crippen LogP contribution in [0.15, 0.2) is 30.5 Å². The predicted octanol–water partition coefficient (Wildman–Crippen LogP) is 3.44. The van der Waals surface area contributed by atoms with E-state index < -0.39 is 0 Å². The van der Waals surface area contributed by atoms with Gasteiger partial charge in [0.15, 0.2) is 0 Å². The van der Waals surface area contributed by atoms with Crippen LogP contribution in [0.5, 0.6) is 0 Å². The Bertz CT molecular complexity index is 608. The first-order chi connectivity index (χ1) is 10.3. The van der Waals surface area contributed by atoms with E-state index in [9.17, 15) is 0 Å². The molecule has 2 aromatic rings. The van der Waals surface area contributed by atoms with E-state index in [2.05, 4.69) is 10.3 Å². The van der Waals surface area contributed by atoms with Gasteiger partial charge in [-0.2, -0.15) is 0 Å². The second-order valence-electron chi connectivity index (χ2n) is 5.34. The first-order valence-corrected chi connectivity index (χ1v) is 7.72. The Balaban J connectivity index is 1.92. The average molecular weight is 303 g/mol. The minimum atomic E-state index is 0.536. The summed E-state index contributed by atoms with van der Waals surface area (Å²) in [6.07, 6.45) is 5.20. The first kappa shape index (κ1) is 14.3. The second kappa shape index (κ2) is 6.41. The van der Waals surface area contributed by atoms with Crippen LogP contribution in [0.2, 0.25) is 5.02 Å². The lowest BCUT2D eigenvalue weighted by Crippen LogP contribution is -2.10. The van der Waals surface area contributed by atoms with Gasteiger partial charge in [-0.3, -0.25) is 0 Å². The molecule has 1 aromatic heterocycles. The van der Waals surface area contributed by atoms with Gasteiger partial charge in [0.25, 0.3) is 0 Å². The average Bonchev–Trinajstić information content (AvgIpc) is 3.33. The summed E-state index contributed by atoms with van der Waals surface area (Å²) >= 11 is 5.97. The Labute approximate surface area is 129 Å². The summed E-state index contributed by atoms with van der Waals surface area (Å²) in [7, 11) is 0. The van der Waals surface area contributed by atoms with Crippen LogP contribution in [0.4, 0.5) is 5.69 Å². The maximum Gasteiger partial charge on any atom is 0.132 e. The van der Waals surface area contributed by atoms with Crippen LogP contribution < -0.4 is 11.1 Å². The van der Waals surface area contributed by atoms with E-state index in [4.69, 9.17) is 22.3 Å². The van der Waals surface area contributed by atoms with Crippen molar-refractivity contribution in [2.24, 2.45) is 5.73 Å². The molecule has 0 saturated heterocycles. The van der Waals surface area contributed by atoms with Crippen molar-refractivity contribution in [3.8, 4) is 11.3 Å². The number of nitrogens with two attached hydrogens (primary N) is 1. The fraction of sp³-hybridized carbons (Fsp3) is 0.375. The lowest BCUT2D eigenvalue weighted by atomic mass is 10.1. The van der Waals surface area contributed by atoms with Crippen molar-refractivity contribution in [2.75, 3.05) is 18.4 Å². The minimum absolute atomic E-state index is 0.536. The van der Waals surface area contributed by atoms with Crippen LogP contribution in [0.3, 0.4) is 0 Å². The van der Waals surface area contributed by atoms with E-state index in [1.54, 1.807) is 0 Å². The smallest absolute Gasteiger partial charge is 0.132 e. The summed E-state index contributed by atoms with van der Waals surface area (Å²) in [6.45, 7) is 1.49. The number of nitrogens with one attached hydrogen (secondary N) is 1. The molecule has 0 radical (unpaired) electrons. The highest BCUT2D eigenvalue weighted by molar-refractivity contribution is 6.30. The lowest BCUT2D eigenvalue weighted by Gasteiger charge is -2.12. The van der Waals surface area contributed by atoms with Crippen LogP contribution in [0, 0.1) is 0 Å². The Morgan fingerprint density at radius 2 is 2.00 bits per heavy atom. The highest BCUT2D eigenvalue weighted by atomic mass is 35.5. The van der Waals surface area contributed by atoms with Gasteiger partial charge in [0, 0.05) is 23.0 Å². The van der Waals surface area contributed by atoms with Crippen molar-refractivity contribution in [2.45, 2.75) is 25.2 Å². The van der Waals surface area contributed by atoms with Crippen molar-refractivity contribution in [3.05, 3.63) is 41.3 Å². The SMILES string of the molecule is NCCCNc1cnc(C2CC2)nc1-c1ccc(Cl)cc1. The maximum atomic E-state index is 5.97. The van der Waals surface area contributed by atoms with E-state index in [1.807, 2.05) is 30.5 Å². The molecule has 1 aliphatic rings. The Morgan fingerprint density at radius 3 is 2.67 bits per heavy atom. The lowest BCUT2D eigenvalue weighted by molar-refractivity contribution is 0.868. The van der Waals surface area contributed by atoms with E-state index in [-0.39, 0.29) is 0 Å². The zero-order valence-electron chi connectivity index (χ0n) is 11.8. The van der Waals surface area contributed by atoms with E-state index in [0.717, 1.165) is 40.8 Å². The van der Waals surface area contributed by atoms with Crippen molar-refractivity contribution < 1.29 is 0 Å². The van der Waals surface area contributed by atoms with Gasteiger partial charge in [0.1, 0.15) is 5.82 Å². The molecule has 21 heavy (non-hydrogen) atoms. The van der Waals surface area contributed by atoms with Crippen molar-refractivity contribution >= 4 is 17.3 Å². The highest BCUT2D eigenvalue weighted by Crippen LogP contribution is 2.39. The number of benzene rings is 1. The molecule has 110 valence electrons. The zero-order valence-corrected chi connectivity index (χ0v) is 12.6. The van der Waals surface area contributed by atoms with E-state index in [1.165, 1.54) is 12.8 Å². The molecule has 0 amide bonds. The van der Waals surface area contributed by atoms with Crippen molar-refractivity contribution in [1.82, 2.24) is 9.97 Å². The fourth-order valence-corrected chi connectivity index (χ4v) is 2.34. The monoisotopic (exact) mass is 302 g/mol. The van der Waals surface area contributed by atoms with Crippen LogP contribution in [-0.4, -0.2) is 23.1 Å².